The highest BCUT2D eigenvalue weighted by molar-refractivity contribution is 6.67. The molecule has 0 atom stereocenters. The van der Waals surface area contributed by atoms with Crippen molar-refractivity contribution in [3.05, 3.63) is 0 Å². The number of halogens is 1. The van der Waals surface area contributed by atoms with E-state index < -0.39 is 0 Å². The fourth-order valence-corrected chi connectivity index (χ4v) is 0.481. The largest absolute Gasteiger partial charge is 0.342 e. The van der Waals surface area contributed by atoms with E-state index in [0.717, 1.165) is 0 Å². The highest BCUT2D eigenvalue weighted by Gasteiger charge is 2.07. The lowest BCUT2D eigenvalue weighted by Crippen LogP contribution is -2.14. The molecule has 1 rings (SSSR count). The molecule has 0 saturated carbocycles. The van der Waals surface area contributed by atoms with Crippen LogP contribution in [0.4, 0.5) is 4.79 Å². The molecule has 0 radical (unpaired) electrons. The van der Waals surface area contributed by atoms with Crippen LogP contribution in [0, 0.1) is 0 Å². The van der Waals surface area contributed by atoms with Crippen LogP contribution in [0.1, 0.15) is 0 Å². The topological polar surface area (TPSA) is 41.5 Å². The van der Waals surface area contributed by atoms with Crippen molar-refractivity contribution in [3.63, 3.8) is 0 Å². The van der Waals surface area contributed by atoms with Gasteiger partial charge in [0, 0.05) is 0 Å². The normalized spacial score (nSPS) is 19.0. The summed E-state index contributed by atoms with van der Waals surface area (Å²) in [6.07, 6.45) is 0. The maximum absolute atomic E-state index is 10.1. The Labute approximate surface area is 45.4 Å². The number of nitrogens with zero attached hydrogens (tertiary/aromatic N) is 1. The molecule has 0 saturated heterocycles. The van der Waals surface area contributed by atoms with E-state index in [9.17, 15) is 4.79 Å². The van der Waals surface area contributed by atoms with Gasteiger partial charge in [-0.2, -0.15) is 4.99 Å². The minimum atomic E-state index is -0.343. The molecular weight excluding hydrogens is 115 g/mol. The van der Waals surface area contributed by atoms with Crippen molar-refractivity contribution in [2.75, 3.05) is 6.54 Å². The van der Waals surface area contributed by atoms with Crippen molar-refractivity contribution >= 4 is 22.8 Å². The average Bonchev–Trinajstić information content (AvgIpc) is 1.87. The van der Waals surface area contributed by atoms with E-state index in [4.69, 9.17) is 11.6 Å². The van der Waals surface area contributed by atoms with E-state index in [-0.39, 0.29) is 6.03 Å². The molecule has 0 bridgehead atoms. The van der Waals surface area contributed by atoms with Gasteiger partial charge in [-0.25, -0.2) is 4.79 Å². The molecule has 0 unspecified atom stereocenters. The maximum Gasteiger partial charge on any atom is 0.342 e. The van der Waals surface area contributed by atoms with Crippen LogP contribution in [-0.2, 0) is 0 Å². The van der Waals surface area contributed by atoms with Gasteiger partial charge < -0.3 is 5.32 Å². The molecule has 1 heterocycles. The first-order chi connectivity index (χ1) is 3.29. The third-order valence-corrected chi connectivity index (χ3v) is 0.826. The van der Waals surface area contributed by atoms with Crippen LogP contribution in [0.3, 0.4) is 0 Å². The summed E-state index contributed by atoms with van der Waals surface area (Å²) in [4.78, 5) is 13.4. The molecule has 0 aromatic heterocycles. The first-order valence-corrected chi connectivity index (χ1v) is 2.18. The minimum Gasteiger partial charge on any atom is -0.330 e. The number of aliphatic imine (C=N–C) groups is 1. The Bertz CT molecular complexity index is 131. The molecule has 1 aliphatic heterocycles. The molecule has 7 heavy (non-hydrogen) atoms. The molecule has 3 nitrogen and oxygen atoms in total. The van der Waals surface area contributed by atoms with E-state index in [1.165, 1.54) is 0 Å². The number of hydrogen-bond acceptors (Lipinski definition) is 1. The van der Waals surface area contributed by atoms with E-state index in [1.54, 1.807) is 0 Å². The van der Waals surface area contributed by atoms with E-state index in [2.05, 4.69) is 10.3 Å². The second kappa shape index (κ2) is 1.50. The van der Waals surface area contributed by atoms with Gasteiger partial charge in [0.15, 0.2) is 0 Å². The molecular formula is C3H3ClN2O. The van der Waals surface area contributed by atoms with E-state index in [0.29, 0.717) is 11.7 Å². The maximum atomic E-state index is 10.1. The van der Waals surface area contributed by atoms with Crippen LogP contribution in [0.15, 0.2) is 4.99 Å². The highest BCUT2D eigenvalue weighted by Crippen LogP contribution is 1.91. The number of hydrogen-bond donors (Lipinski definition) is 1. The second-order valence-corrected chi connectivity index (χ2v) is 1.58. The van der Waals surface area contributed by atoms with Gasteiger partial charge in [0.25, 0.3) is 0 Å². The zero-order valence-corrected chi connectivity index (χ0v) is 4.20. The van der Waals surface area contributed by atoms with Gasteiger partial charge in [0.05, 0.1) is 6.54 Å². The molecule has 1 aliphatic rings. The molecule has 0 aliphatic carbocycles. The summed E-state index contributed by atoms with van der Waals surface area (Å²) in [7, 11) is 0. The summed E-state index contributed by atoms with van der Waals surface area (Å²) in [5.74, 6) is 0. The zero-order valence-electron chi connectivity index (χ0n) is 3.44. The Morgan fingerprint density at radius 1 is 1.86 bits per heavy atom. The van der Waals surface area contributed by atoms with Crippen molar-refractivity contribution in [2.24, 2.45) is 4.99 Å². The standard InChI is InChI=1S/C3H3ClN2O/c4-2-1-5-3(7)6-2/h1H2,(H,5,7). The first-order valence-electron chi connectivity index (χ1n) is 1.80. The molecule has 4 heteroatoms. The number of amides is 2. The number of urea groups is 1. The van der Waals surface area contributed by atoms with E-state index in [1.807, 2.05) is 0 Å². The summed E-state index contributed by atoms with van der Waals surface area (Å²) in [6.45, 7) is 0.389. The van der Waals surface area contributed by atoms with Gasteiger partial charge in [0.1, 0.15) is 5.17 Å². The van der Waals surface area contributed by atoms with E-state index >= 15 is 0 Å². The fourth-order valence-electron chi connectivity index (χ4n) is 0.338. The van der Waals surface area contributed by atoms with Gasteiger partial charge in [-0.1, -0.05) is 11.6 Å². The number of carbonyl (C=O) groups is 1. The summed E-state index contributed by atoms with van der Waals surface area (Å²) in [5.41, 5.74) is 0. The molecule has 2 amide bonds. The van der Waals surface area contributed by atoms with Crippen LogP contribution in [0.5, 0.6) is 0 Å². The molecule has 1 N–H and O–H groups in total. The Morgan fingerprint density at radius 3 is 2.71 bits per heavy atom. The molecule has 0 spiro atoms. The van der Waals surface area contributed by atoms with Crippen LogP contribution < -0.4 is 5.32 Å². The third-order valence-electron chi connectivity index (χ3n) is 0.608. The lowest BCUT2D eigenvalue weighted by atomic mass is 10.7. The lowest BCUT2D eigenvalue weighted by molar-refractivity contribution is 0.252. The second-order valence-electron chi connectivity index (χ2n) is 1.15. The quantitative estimate of drug-likeness (QED) is 0.490. The summed E-state index contributed by atoms with van der Waals surface area (Å²) >= 11 is 5.27. The summed E-state index contributed by atoms with van der Waals surface area (Å²) in [6, 6.07) is -0.343. The van der Waals surface area contributed by atoms with Crippen LogP contribution in [0.2, 0.25) is 0 Å². The number of rotatable bonds is 0. The third kappa shape index (κ3) is 0.899. The van der Waals surface area contributed by atoms with Crippen molar-refractivity contribution in [1.82, 2.24) is 5.32 Å². The smallest absolute Gasteiger partial charge is 0.330 e. The Morgan fingerprint density at radius 2 is 2.57 bits per heavy atom. The lowest BCUT2D eigenvalue weighted by Gasteiger charge is -1.79. The van der Waals surface area contributed by atoms with Crippen LogP contribution >= 0.6 is 11.6 Å². The monoisotopic (exact) mass is 118 g/mol. The SMILES string of the molecule is O=C1N=C(Cl)CN1. The predicted molar refractivity (Wildman–Crippen MR) is 26.7 cm³/mol. The molecule has 0 aromatic carbocycles. The fraction of sp³-hybridized carbons (Fsp3) is 0.333. The van der Waals surface area contributed by atoms with Crippen molar-refractivity contribution in [3.8, 4) is 0 Å². The molecule has 0 aromatic rings. The van der Waals surface area contributed by atoms with Crippen molar-refractivity contribution in [1.29, 1.82) is 0 Å². The summed E-state index contributed by atoms with van der Waals surface area (Å²) < 4.78 is 0. The van der Waals surface area contributed by atoms with Crippen LogP contribution in [0.25, 0.3) is 0 Å². The Kier molecular flexibility index (Phi) is 0.982. The highest BCUT2D eigenvalue weighted by atomic mass is 35.5. The number of nitrogens with one attached hydrogen (secondary N) is 1. The Balaban J connectivity index is 2.67. The zero-order chi connectivity index (χ0) is 5.28. The van der Waals surface area contributed by atoms with Gasteiger partial charge in [-0.05, 0) is 0 Å². The van der Waals surface area contributed by atoms with Gasteiger partial charge >= 0.3 is 6.03 Å². The van der Waals surface area contributed by atoms with Gasteiger partial charge in [-0.15, -0.1) is 0 Å². The summed E-state index contributed by atoms with van der Waals surface area (Å²) in [5, 5.41) is 2.73. The predicted octanol–water partition coefficient (Wildman–Crippen LogP) is 0.347. The average molecular weight is 119 g/mol. The van der Waals surface area contributed by atoms with Crippen LogP contribution in [-0.4, -0.2) is 17.7 Å². The molecule has 0 fully saturated rings. The number of carbonyl (C=O) groups excluding carboxylic acids is 1. The molecule has 38 valence electrons. The van der Waals surface area contributed by atoms with Crippen molar-refractivity contribution in [2.45, 2.75) is 0 Å². The first kappa shape index (κ1) is 4.59. The minimum absolute atomic E-state index is 0.338. The van der Waals surface area contributed by atoms with Gasteiger partial charge in [-0.3, -0.25) is 0 Å². The van der Waals surface area contributed by atoms with Crippen molar-refractivity contribution < 1.29 is 4.79 Å². The Hall–Kier alpha value is -0.570. The van der Waals surface area contributed by atoms with Gasteiger partial charge in [0.2, 0.25) is 0 Å².